The largest absolute Gasteiger partial charge is 0.507 e. The zero-order valence-electron chi connectivity index (χ0n) is 31.2. The number of aldehydes is 3. The second-order valence-electron chi connectivity index (χ2n) is 11.3. The number of nitrogens with zero attached hydrogens (tertiary/aromatic N) is 1. The van der Waals surface area contributed by atoms with Crippen LogP contribution < -0.4 is 37.0 Å². The molecule has 0 fully saturated rings. The summed E-state index contributed by atoms with van der Waals surface area (Å²) in [7, 11) is 3.42. The smallest absolute Gasteiger partial charge is 0.463 e. The van der Waals surface area contributed by atoms with E-state index in [-0.39, 0.29) is 32.8 Å². The Kier molecular flexibility index (Phi) is 16.4. The SMILES string of the molecule is COc1cc(C)ccc1OP(OCc1ccc([N+](=O)[O-])cc1O)Oc1ccc(C=O)cc1OC.COc1cc(C=O)ccc1OPOc1ccc(C=O)cc1OC. The van der Waals surface area contributed by atoms with E-state index in [1.165, 1.54) is 46.6 Å². The van der Waals surface area contributed by atoms with Gasteiger partial charge in [0, 0.05) is 28.3 Å². The van der Waals surface area contributed by atoms with Crippen LogP contribution in [0.3, 0.4) is 0 Å². The maximum Gasteiger partial charge on any atom is 0.463 e. The van der Waals surface area contributed by atoms with Crippen LogP contribution >= 0.6 is 17.6 Å². The standard InChI is InChI=1S/C23H22NO9P.C16H15O6P/c1-15-4-8-20(22(10-15)29-2)32-34(33-21-9-5-16(13-25)11-23(21)30-3)31-14-17-6-7-18(24(27)28)12-19(17)26;1-19-15-7-11(9-17)3-5-13(15)21-23-22-14-6-4-12(10-18)8-16(14)20-2/h4-13,26H,14H2,1-3H3;3-10,23H,1-2H3. The lowest BCUT2D eigenvalue weighted by Crippen LogP contribution is -2.03. The molecule has 5 aromatic rings. The van der Waals surface area contributed by atoms with E-state index in [0.717, 1.165) is 24.2 Å². The number of phenols is 1. The van der Waals surface area contributed by atoms with E-state index in [9.17, 15) is 29.6 Å². The number of nitro benzene ring substituents is 1. The first-order valence-corrected chi connectivity index (χ1v) is 18.4. The molecule has 0 amide bonds. The van der Waals surface area contributed by atoms with E-state index in [1.54, 1.807) is 60.7 Å². The molecule has 0 spiro atoms. The van der Waals surface area contributed by atoms with E-state index in [0.29, 0.717) is 68.8 Å². The number of aryl methyl sites for hydroxylation is 1. The van der Waals surface area contributed by atoms with Crippen molar-refractivity contribution in [2.75, 3.05) is 28.4 Å². The van der Waals surface area contributed by atoms with Crippen LogP contribution in [0.2, 0.25) is 0 Å². The molecular formula is C39H37NO15P2. The summed E-state index contributed by atoms with van der Waals surface area (Å²) in [6.45, 7) is 1.73. The number of hydrogen-bond acceptors (Lipinski definition) is 15. The van der Waals surface area contributed by atoms with E-state index < -0.39 is 13.5 Å². The van der Waals surface area contributed by atoms with Crippen LogP contribution in [0, 0.1) is 17.0 Å². The molecule has 0 saturated carbocycles. The van der Waals surface area contributed by atoms with Crippen LogP contribution in [0.25, 0.3) is 0 Å². The molecule has 0 saturated heterocycles. The molecule has 1 unspecified atom stereocenters. The maximum absolute atomic E-state index is 11.1. The number of non-ortho nitro benzene ring substituents is 1. The summed E-state index contributed by atoms with van der Waals surface area (Å²) in [4.78, 5) is 42.9. The molecule has 57 heavy (non-hydrogen) atoms. The normalized spacial score (nSPS) is 10.8. The molecule has 0 aliphatic heterocycles. The number of benzene rings is 5. The highest BCUT2D eigenvalue weighted by Crippen LogP contribution is 2.48. The van der Waals surface area contributed by atoms with Crippen LogP contribution in [0.4, 0.5) is 5.69 Å². The van der Waals surface area contributed by atoms with Crippen molar-refractivity contribution in [1.29, 1.82) is 0 Å². The number of hydrogen-bond donors (Lipinski definition) is 1. The predicted molar refractivity (Wildman–Crippen MR) is 210 cm³/mol. The Morgan fingerprint density at radius 2 is 1.05 bits per heavy atom. The lowest BCUT2D eigenvalue weighted by Gasteiger charge is -2.20. The molecule has 16 nitrogen and oxygen atoms in total. The zero-order valence-corrected chi connectivity index (χ0v) is 33.1. The number of nitro groups is 1. The average molecular weight is 822 g/mol. The lowest BCUT2D eigenvalue weighted by atomic mass is 10.2. The van der Waals surface area contributed by atoms with Gasteiger partial charge < -0.3 is 42.1 Å². The first-order chi connectivity index (χ1) is 27.5. The average Bonchev–Trinajstić information content (AvgIpc) is 3.23. The number of carbonyl (C=O) groups excluding carboxylic acids is 3. The highest BCUT2D eigenvalue weighted by Gasteiger charge is 2.23. The van der Waals surface area contributed by atoms with Gasteiger partial charge in [0.25, 0.3) is 14.7 Å². The van der Waals surface area contributed by atoms with Crippen molar-refractivity contribution in [2.24, 2.45) is 0 Å². The Hall–Kier alpha value is -6.47. The summed E-state index contributed by atoms with van der Waals surface area (Å²) in [5.41, 5.74) is 2.38. The molecule has 5 rings (SSSR count). The third-order valence-corrected chi connectivity index (χ3v) is 9.18. The van der Waals surface area contributed by atoms with Gasteiger partial charge in [-0.3, -0.25) is 29.0 Å². The van der Waals surface area contributed by atoms with Gasteiger partial charge in [-0.25, -0.2) is 0 Å². The van der Waals surface area contributed by atoms with Crippen molar-refractivity contribution < 1.29 is 66.0 Å². The van der Waals surface area contributed by atoms with Gasteiger partial charge in [0.1, 0.15) is 24.6 Å². The summed E-state index contributed by atoms with van der Waals surface area (Å²) in [5, 5.41) is 21.1. The van der Waals surface area contributed by atoms with E-state index in [1.807, 2.05) is 13.0 Å². The van der Waals surface area contributed by atoms with Crippen molar-refractivity contribution in [1.82, 2.24) is 0 Å². The Balaban J connectivity index is 0.000000273. The van der Waals surface area contributed by atoms with Crippen molar-refractivity contribution >= 4 is 42.2 Å². The number of rotatable bonds is 19. The minimum Gasteiger partial charge on any atom is -0.507 e. The fourth-order valence-corrected chi connectivity index (χ4v) is 6.19. The van der Waals surface area contributed by atoms with Gasteiger partial charge in [-0.1, -0.05) is 6.07 Å². The summed E-state index contributed by atoms with van der Waals surface area (Å²) >= 11 is 0. The summed E-state index contributed by atoms with van der Waals surface area (Å²) < 4.78 is 49.8. The second kappa shape index (κ2) is 21.6. The van der Waals surface area contributed by atoms with Gasteiger partial charge in [0.15, 0.2) is 46.0 Å². The van der Waals surface area contributed by atoms with Gasteiger partial charge in [0.2, 0.25) is 0 Å². The Morgan fingerprint density at radius 1 is 0.614 bits per heavy atom. The number of methoxy groups -OCH3 is 4. The fraction of sp³-hybridized carbons (Fsp3) is 0.154. The molecule has 0 radical (unpaired) electrons. The van der Waals surface area contributed by atoms with Gasteiger partial charge >= 0.3 is 8.60 Å². The lowest BCUT2D eigenvalue weighted by molar-refractivity contribution is -0.385. The topological polar surface area (TPSA) is 198 Å². The molecule has 5 aromatic carbocycles. The third kappa shape index (κ3) is 12.3. The highest BCUT2D eigenvalue weighted by molar-refractivity contribution is 7.42. The summed E-state index contributed by atoms with van der Waals surface area (Å²) in [6.07, 6.45) is 2.13. The zero-order chi connectivity index (χ0) is 41.3. The van der Waals surface area contributed by atoms with Crippen LogP contribution in [0.5, 0.6) is 51.7 Å². The highest BCUT2D eigenvalue weighted by atomic mass is 31.2. The molecule has 18 heteroatoms. The fourth-order valence-electron chi connectivity index (χ4n) is 4.62. The van der Waals surface area contributed by atoms with Crippen LogP contribution in [0.15, 0.2) is 91.0 Å². The van der Waals surface area contributed by atoms with Crippen LogP contribution in [-0.4, -0.2) is 57.3 Å². The molecule has 298 valence electrons. The Morgan fingerprint density at radius 3 is 1.49 bits per heavy atom. The predicted octanol–water partition coefficient (Wildman–Crippen LogP) is 8.64. The number of phenolic OH excluding ortho intramolecular Hbond substituents is 1. The third-order valence-electron chi connectivity index (χ3n) is 7.54. The molecule has 0 aliphatic rings. The quantitative estimate of drug-likeness (QED) is 0.0359. The molecule has 0 aliphatic carbocycles. The first kappa shape index (κ1) is 43.3. The van der Waals surface area contributed by atoms with Crippen molar-refractivity contribution in [2.45, 2.75) is 13.5 Å². The van der Waals surface area contributed by atoms with Crippen molar-refractivity contribution in [3.63, 3.8) is 0 Å². The van der Waals surface area contributed by atoms with Gasteiger partial charge in [-0.2, -0.15) is 0 Å². The maximum atomic E-state index is 11.1. The minimum atomic E-state index is -2.13. The van der Waals surface area contributed by atoms with Crippen LogP contribution in [0.1, 0.15) is 42.2 Å². The molecule has 1 N–H and O–H groups in total. The Bertz CT molecular complexity index is 2120. The van der Waals surface area contributed by atoms with Crippen molar-refractivity contribution in [3.05, 3.63) is 129 Å². The van der Waals surface area contributed by atoms with Gasteiger partial charge in [-0.15, -0.1) is 0 Å². The monoisotopic (exact) mass is 821 g/mol. The van der Waals surface area contributed by atoms with Crippen LogP contribution in [-0.2, 0) is 11.1 Å². The van der Waals surface area contributed by atoms with Gasteiger partial charge in [-0.05, 0) is 85.3 Å². The van der Waals surface area contributed by atoms with E-state index in [4.69, 9.17) is 41.6 Å². The molecule has 0 bridgehead atoms. The van der Waals surface area contributed by atoms with E-state index in [2.05, 4.69) is 0 Å². The van der Waals surface area contributed by atoms with Gasteiger partial charge in [0.05, 0.1) is 46.0 Å². The Labute approximate surface area is 330 Å². The molecule has 0 aromatic heterocycles. The molecular weight excluding hydrogens is 784 g/mol. The summed E-state index contributed by atoms with van der Waals surface area (Å²) in [6, 6.07) is 23.2. The van der Waals surface area contributed by atoms with E-state index >= 15 is 0 Å². The second-order valence-corrected chi connectivity index (χ2v) is 12.9. The number of aromatic hydroxyl groups is 1. The number of ether oxygens (including phenoxy) is 4. The molecule has 1 atom stereocenters. The molecule has 0 heterocycles. The minimum absolute atomic E-state index is 0.168. The van der Waals surface area contributed by atoms with Crippen molar-refractivity contribution in [3.8, 4) is 51.7 Å². The summed E-state index contributed by atoms with van der Waals surface area (Å²) in [5.74, 6) is 2.86. The number of carbonyl (C=O) groups is 3. The first-order valence-electron chi connectivity index (χ1n) is 16.4.